The quantitative estimate of drug-likeness (QED) is 0.750. The van der Waals surface area contributed by atoms with Gasteiger partial charge in [-0.3, -0.25) is 0 Å². The van der Waals surface area contributed by atoms with Gasteiger partial charge in [0, 0.05) is 17.5 Å². The van der Waals surface area contributed by atoms with Gasteiger partial charge in [-0.15, -0.1) is 11.3 Å². The number of aliphatic hydroxyl groups is 1. The zero-order chi connectivity index (χ0) is 9.31. The third kappa shape index (κ3) is 1.76. The third-order valence-electron chi connectivity index (χ3n) is 2.93. The van der Waals surface area contributed by atoms with Crippen molar-refractivity contribution in [2.24, 2.45) is 0 Å². The molecule has 13 heavy (non-hydrogen) atoms. The predicted octanol–water partition coefficient (Wildman–Crippen LogP) is 2.55. The van der Waals surface area contributed by atoms with Gasteiger partial charge in [0.2, 0.25) is 0 Å². The highest BCUT2D eigenvalue weighted by molar-refractivity contribution is 7.09. The second kappa shape index (κ2) is 3.39. The zero-order valence-electron chi connectivity index (χ0n) is 7.86. The molecule has 0 amide bonds. The van der Waals surface area contributed by atoms with Gasteiger partial charge in [0.15, 0.2) is 0 Å². The van der Waals surface area contributed by atoms with Crippen LogP contribution in [-0.2, 0) is 0 Å². The molecule has 3 heteroatoms. The third-order valence-corrected chi connectivity index (χ3v) is 3.82. The van der Waals surface area contributed by atoms with E-state index in [1.54, 1.807) is 11.3 Å². The monoisotopic (exact) mass is 197 g/mol. The van der Waals surface area contributed by atoms with E-state index in [-0.39, 0.29) is 5.92 Å². The highest BCUT2D eigenvalue weighted by Crippen LogP contribution is 2.41. The van der Waals surface area contributed by atoms with Crippen LogP contribution in [0.15, 0.2) is 11.6 Å². The van der Waals surface area contributed by atoms with Crippen molar-refractivity contribution in [1.82, 2.24) is 4.98 Å². The van der Waals surface area contributed by atoms with Gasteiger partial charge in [0.05, 0.1) is 10.6 Å². The summed E-state index contributed by atoms with van der Waals surface area (Å²) in [5.41, 5.74) is -0.532. The molecule has 1 fully saturated rings. The second-order valence-electron chi connectivity index (χ2n) is 4.03. The maximum atomic E-state index is 10.2. The first-order valence-electron chi connectivity index (χ1n) is 4.82. The molecule has 0 bridgehead atoms. The van der Waals surface area contributed by atoms with E-state index in [9.17, 15) is 5.11 Å². The number of rotatable bonds is 1. The molecule has 1 aliphatic carbocycles. The minimum Gasteiger partial charge on any atom is -0.389 e. The fourth-order valence-corrected chi connectivity index (χ4v) is 3.03. The van der Waals surface area contributed by atoms with E-state index in [4.69, 9.17) is 0 Å². The van der Waals surface area contributed by atoms with Gasteiger partial charge in [-0.1, -0.05) is 12.8 Å². The molecule has 1 N–H and O–H groups in total. The van der Waals surface area contributed by atoms with Gasteiger partial charge < -0.3 is 5.11 Å². The lowest BCUT2D eigenvalue weighted by Gasteiger charge is -2.35. The Hall–Kier alpha value is -0.410. The van der Waals surface area contributed by atoms with Crippen LogP contribution in [0, 0.1) is 0 Å². The van der Waals surface area contributed by atoms with E-state index in [1.807, 2.05) is 18.5 Å². The lowest BCUT2D eigenvalue weighted by molar-refractivity contribution is 0.000603. The number of hydrogen-bond donors (Lipinski definition) is 1. The van der Waals surface area contributed by atoms with Crippen LogP contribution in [0.4, 0.5) is 0 Å². The summed E-state index contributed by atoms with van der Waals surface area (Å²) in [5.74, 6) is 0.265. The van der Waals surface area contributed by atoms with Crippen LogP contribution in [-0.4, -0.2) is 15.7 Å². The Morgan fingerprint density at radius 3 is 3.08 bits per heavy atom. The SMILES string of the molecule is C[C@@]1(O)CCCC[C@H]1c1nccs1. The molecule has 2 atom stereocenters. The summed E-state index contributed by atoms with van der Waals surface area (Å²) in [5, 5.41) is 13.3. The van der Waals surface area contributed by atoms with Gasteiger partial charge in [-0.05, 0) is 19.8 Å². The summed E-state index contributed by atoms with van der Waals surface area (Å²) in [6.07, 6.45) is 6.19. The summed E-state index contributed by atoms with van der Waals surface area (Å²) in [6.45, 7) is 1.94. The Kier molecular flexibility index (Phi) is 2.39. The Labute approximate surface area is 82.6 Å². The highest BCUT2D eigenvalue weighted by Gasteiger charge is 2.36. The molecule has 0 aliphatic heterocycles. The van der Waals surface area contributed by atoms with Crippen molar-refractivity contribution in [2.45, 2.75) is 44.1 Å². The molecule has 1 aromatic rings. The minimum absolute atomic E-state index is 0.265. The smallest absolute Gasteiger partial charge is 0.0984 e. The molecule has 2 nitrogen and oxygen atoms in total. The molecule has 1 aromatic heterocycles. The largest absolute Gasteiger partial charge is 0.389 e. The summed E-state index contributed by atoms with van der Waals surface area (Å²) in [4.78, 5) is 4.29. The van der Waals surface area contributed by atoms with Gasteiger partial charge in [0.25, 0.3) is 0 Å². The van der Waals surface area contributed by atoms with Crippen molar-refractivity contribution in [3.63, 3.8) is 0 Å². The molecule has 1 heterocycles. The first-order chi connectivity index (χ1) is 6.20. The first-order valence-corrected chi connectivity index (χ1v) is 5.70. The molecule has 0 spiro atoms. The molecule has 0 unspecified atom stereocenters. The highest BCUT2D eigenvalue weighted by atomic mass is 32.1. The van der Waals surface area contributed by atoms with Crippen molar-refractivity contribution in [3.8, 4) is 0 Å². The van der Waals surface area contributed by atoms with E-state index in [1.165, 1.54) is 6.42 Å². The lowest BCUT2D eigenvalue weighted by atomic mass is 9.77. The van der Waals surface area contributed by atoms with Crippen LogP contribution in [0.25, 0.3) is 0 Å². The number of thiazole rings is 1. The van der Waals surface area contributed by atoms with Crippen LogP contribution in [0.5, 0.6) is 0 Å². The van der Waals surface area contributed by atoms with E-state index in [0.717, 1.165) is 24.3 Å². The van der Waals surface area contributed by atoms with Crippen molar-refractivity contribution in [2.75, 3.05) is 0 Å². The normalized spacial score (nSPS) is 34.8. The van der Waals surface area contributed by atoms with Gasteiger partial charge in [0.1, 0.15) is 0 Å². The molecule has 1 saturated carbocycles. The minimum atomic E-state index is -0.532. The number of aromatic nitrogens is 1. The van der Waals surface area contributed by atoms with E-state index >= 15 is 0 Å². The molecule has 72 valence electrons. The molecule has 2 rings (SSSR count). The van der Waals surface area contributed by atoms with Gasteiger partial charge >= 0.3 is 0 Å². The first kappa shape index (κ1) is 9.16. The van der Waals surface area contributed by atoms with Crippen molar-refractivity contribution < 1.29 is 5.11 Å². The van der Waals surface area contributed by atoms with Crippen LogP contribution in [0.1, 0.15) is 43.5 Å². The van der Waals surface area contributed by atoms with Crippen LogP contribution in [0.2, 0.25) is 0 Å². The van der Waals surface area contributed by atoms with E-state index in [0.29, 0.717) is 0 Å². The van der Waals surface area contributed by atoms with Crippen LogP contribution in [0.3, 0.4) is 0 Å². The van der Waals surface area contributed by atoms with Crippen molar-refractivity contribution in [3.05, 3.63) is 16.6 Å². The lowest BCUT2D eigenvalue weighted by Crippen LogP contribution is -2.35. The maximum absolute atomic E-state index is 10.2. The summed E-state index contributed by atoms with van der Waals surface area (Å²) in [7, 11) is 0. The fourth-order valence-electron chi connectivity index (χ4n) is 2.11. The molecular weight excluding hydrogens is 182 g/mol. The second-order valence-corrected chi connectivity index (χ2v) is 4.95. The Morgan fingerprint density at radius 2 is 2.46 bits per heavy atom. The van der Waals surface area contributed by atoms with Gasteiger partial charge in [-0.25, -0.2) is 4.98 Å². The van der Waals surface area contributed by atoms with Gasteiger partial charge in [-0.2, -0.15) is 0 Å². The predicted molar refractivity (Wildman–Crippen MR) is 53.9 cm³/mol. The topological polar surface area (TPSA) is 33.1 Å². The average Bonchev–Trinajstić information content (AvgIpc) is 2.55. The van der Waals surface area contributed by atoms with Crippen molar-refractivity contribution in [1.29, 1.82) is 0 Å². The molecular formula is C10H15NOS. The summed E-state index contributed by atoms with van der Waals surface area (Å²) >= 11 is 1.66. The number of nitrogens with zero attached hydrogens (tertiary/aromatic N) is 1. The standard InChI is InChI=1S/C10H15NOS/c1-10(12)5-3-2-4-8(10)9-11-6-7-13-9/h6-8,12H,2-5H2,1H3/t8-,10+/m0/s1. The zero-order valence-corrected chi connectivity index (χ0v) is 8.68. The maximum Gasteiger partial charge on any atom is 0.0984 e. The molecule has 0 radical (unpaired) electrons. The fraction of sp³-hybridized carbons (Fsp3) is 0.700. The van der Waals surface area contributed by atoms with Crippen LogP contribution >= 0.6 is 11.3 Å². The Bertz CT molecular complexity index is 268. The average molecular weight is 197 g/mol. The molecule has 0 aromatic carbocycles. The Balaban J connectivity index is 2.21. The van der Waals surface area contributed by atoms with Crippen LogP contribution < -0.4 is 0 Å². The van der Waals surface area contributed by atoms with Crippen molar-refractivity contribution >= 4 is 11.3 Å². The Morgan fingerprint density at radius 1 is 1.62 bits per heavy atom. The van der Waals surface area contributed by atoms with E-state index < -0.39 is 5.60 Å². The molecule has 1 aliphatic rings. The summed E-state index contributed by atoms with van der Waals surface area (Å²) < 4.78 is 0. The molecule has 0 saturated heterocycles. The van der Waals surface area contributed by atoms with E-state index in [2.05, 4.69) is 4.98 Å². The number of hydrogen-bond acceptors (Lipinski definition) is 3. The summed E-state index contributed by atoms with van der Waals surface area (Å²) in [6, 6.07) is 0.